The summed E-state index contributed by atoms with van der Waals surface area (Å²) >= 11 is 11.4. The number of hydrogen-bond acceptors (Lipinski definition) is 3. The Labute approximate surface area is 90.8 Å². The molecular formula is C9H4Cl2N2O. The molecule has 0 aliphatic heterocycles. The predicted octanol–water partition coefficient (Wildman–Crippen LogP) is 1.68. The van der Waals surface area contributed by atoms with Crippen LogP contribution in [0.25, 0.3) is 0 Å². The van der Waals surface area contributed by atoms with Gasteiger partial charge in [-0.05, 0) is 5.57 Å². The van der Waals surface area contributed by atoms with Crippen molar-refractivity contribution in [1.82, 2.24) is 0 Å². The molecular weight excluding hydrogens is 223 g/mol. The Morgan fingerprint density at radius 2 is 1.64 bits per heavy atom. The SMILES string of the molecule is C=C1C(C#N)=C(C#N)C(=O)C(Cl)C1Cl. The monoisotopic (exact) mass is 226 g/mol. The van der Waals surface area contributed by atoms with Gasteiger partial charge < -0.3 is 0 Å². The molecule has 70 valence electrons. The number of rotatable bonds is 0. The fraction of sp³-hybridized carbons (Fsp3) is 0.222. The molecule has 0 N–H and O–H groups in total. The molecule has 3 nitrogen and oxygen atoms in total. The number of alkyl halides is 2. The van der Waals surface area contributed by atoms with E-state index in [1.165, 1.54) is 0 Å². The fourth-order valence-corrected chi connectivity index (χ4v) is 1.59. The fourth-order valence-electron chi connectivity index (χ4n) is 1.11. The van der Waals surface area contributed by atoms with Crippen LogP contribution in [-0.4, -0.2) is 16.5 Å². The quantitative estimate of drug-likeness (QED) is 0.591. The first kappa shape index (κ1) is 10.8. The van der Waals surface area contributed by atoms with E-state index >= 15 is 0 Å². The van der Waals surface area contributed by atoms with Crippen molar-refractivity contribution in [3.8, 4) is 12.1 Å². The minimum absolute atomic E-state index is 0.0607. The summed E-state index contributed by atoms with van der Waals surface area (Å²) in [6, 6.07) is 3.37. The molecule has 1 rings (SSSR count). The predicted molar refractivity (Wildman–Crippen MR) is 51.7 cm³/mol. The van der Waals surface area contributed by atoms with Crippen LogP contribution in [0.5, 0.6) is 0 Å². The van der Waals surface area contributed by atoms with Crippen LogP contribution in [0, 0.1) is 22.7 Å². The largest absolute Gasteiger partial charge is 0.292 e. The van der Waals surface area contributed by atoms with E-state index in [1.807, 2.05) is 0 Å². The third-order valence-corrected chi connectivity index (χ3v) is 2.98. The van der Waals surface area contributed by atoms with Gasteiger partial charge in [-0.15, -0.1) is 23.2 Å². The molecule has 0 aromatic rings. The van der Waals surface area contributed by atoms with Crippen LogP contribution in [0.3, 0.4) is 0 Å². The van der Waals surface area contributed by atoms with E-state index in [0.717, 1.165) is 0 Å². The van der Waals surface area contributed by atoms with E-state index in [0.29, 0.717) is 0 Å². The standard InChI is InChI=1S/C9H4Cl2N2O/c1-4-5(2-12)6(3-13)9(14)8(11)7(4)10/h7-8H,1H2. The second-order valence-corrected chi connectivity index (χ2v) is 3.61. The van der Waals surface area contributed by atoms with Gasteiger partial charge in [-0.1, -0.05) is 6.58 Å². The molecule has 0 radical (unpaired) electrons. The van der Waals surface area contributed by atoms with E-state index in [-0.39, 0.29) is 16.7 Å². The van der Waals surface area contributed by atoms with Crippen LogP contribution in [0.4, 0.5) is 0 Å². The lowest BCUT2D eigenvalue weighted by Crippen LogP contribution is -2.33. The summed E-state index contributed by atoms with van der Waals surface area (Å²) in [4.78, 5) is 11.4. The summed E-state index contributed by atoms with van der Waals surface area (Å²) in [5.41, 5.74) is -0.0888. The van der Waals surface area contributed by atoms with Gasteiger partial charge in [0.05, 0.1) is 11.0 Å². The van der Waals surface area contributed by atoms with Crippen molar-refractivity contribution in [1.29, 1.82) is 10.5 Å². The molecule has 0 aromatic heterocycles. The van der Waals surface area contributed by atoms with Gasteiger partial charge in [0.25, 0.3) is 0 Å². The molecule has 14 heavy (non-hydrogen) atoms. The van der Waals surface area contributed by atoms with Crippen LogP contribution in [-0.2, 0) is 4.79 Å². The Bertz CT molecular complexity index is 385. The lowest BCUT2D eigenvalue weighted by atomic mass is 9.88. The average molecular weight is 227 g/mol. The molecule has 0 bridgehead atoms. The zero-order valence-corrected chi connectivity index (χ0v) is 8.43. The molecule has 2 unspecified atom stereocenters. The number of allylic oxidation sites excluding steroid dienone is 3. The maximum Gasteiger partial charge on any atom is 0.194 e. The molecule has 0 saturated carbocycles. The highest BCUT2D eigenvalue weighted by Crippen LogP contribution is 2.32. The second-order valence-electron chi connectivity index (χ2n) is 2.67. The van der Waals surface area contributed by atoms with Crippen molar-refractivity contribution >= 4 is 29.0 Å². The molecule has 0 amide bonds. The highest BCUT2D eigenvalue weighted by Gasteiger charge is 2.37. The molecule has 1 aliphatic carbocycles. The van der Waals surface area contributed by atoms with Gasteiger partial charge >= 0.3 is 0 Å². The van der Waals surface area contributed by atoms with Crippen molar-refractivity contribution < 1.29 is 4.79 Å². The summed E-state index contributed by atoms with van der Waals surface area (Å²) in [5, 5.41) is 15.5. The maximum absolute atomic E-state index is 11.4. The number of carbonyl (C=O) groups is 1. The molecule has 2 atom stereocenters. The van der Waals surface area contributed by atoms with E-state index < -0.39 is 16.5 Å². The van der Waals surface area contributed by atoms with Gasteiger partial charge in [-0.2, -0.15) is 10.5 Å². The van der Waals surface area contributed by atoms with Gasteiger partial charge in [0.1, 0.15) is 23.1 Å². The Kier molecular flexibility index (Phi) is 2.96. The molecule has 5 heteroatoms. The summed E-state index contributed by atoms with van der Waals surface area (Å²) in [7, 11) is 0. The van der Waals surface area contributed by atoms with E-state index in [4.69, 9.17) is 33.7 Å². The normalized spacial score (nSPS) is 27.1. The van der Waals surface area contributed by atoms with Crippen molar-refractivity contribution in [3.63, 3.8) is 0 Å². The molecule has 0 aromatic carbocycles. The number of halogens is 2. The van der Waals surface area contributed by atoms with Crippen LogP contribution >= 0.6 is 23.2 Å². The van der Waals surface area contributed by atoms with Crippen LogP contribution < -0.4 is 0 Å². The van der Waals surface area contributed by atoms with Gasteiger partial charge in [0, 0.05) is 0 Å². The average Bonchev–Trinajstić information content (AvgIpc) is 2.20. The topological polar surface area (TPSA) is 64.7 Å². The number of carbonyl (C=O) groups excluding carboxylic acids is 1. The van der Waals surface area contributed by atoms with Crippen LogP contribution in [0.15, 0.2) is 23.3 Å². The lowest BCUT2D eigenvalue weighted by molar-refractivity contribution is -0.115. The highest BCUT2D eigenvalue weighted by atomic mass is 35.5. The molecule has 0 saturated heterocycles. The zero-order valence-electron chi connectivity index (χ0n) is 6.92. The van der Waals surface area contributed by atoms with Gasteiger partial charge in [-0.25, -0.2) is 0 Å². The third-order valence-electron chi connectivity index (χ3n) is 1.88. The summed E-state index contributed by atoms with van der Waals surface area (Å²) in [5.74, 6) is -0.613. The van der Waals surface area contributed by atoms with Crippen molar-refractivity contribution in [3.05, 3.63) is 23.3 Å². The summed E-state index contributed by atoms with van der Waals surface area (Å²) in [6.45, 7) is 3.53. The van der Waals surface area contributed by atoms with Gasteiger partial charge in [0.15, 0.2) is 5.78 Å². The molecule has 0 spiro atoms. The van der Waals surface area contributed by atoms with Gasteiger partial charge in [-0.3, -0.25) is 4.79 Å². The van der Waals surface area contributed by atoms with Crippen molar-refractivity contribution in [2.24, 2.45) is 0 Å². The minimum Gasteiger partial charge on any atom is -0.292 e. The van der Waals surface area contributed by atoms with Crippen molar-refractivity contribution in [2.75, 3.05) is 0 Å². The first-order valence-corrected chi connectivity index (χ1v) is 4.47. The number of ketones is 1. The lowest BCUT2D eigenvalue weighted by Gasteiger charge is -2.22. The maximum atomic E-state index is 11.4. The third kappa shape index (κ3) is 1.42. The first-order chi connectivity index (χ1) is 6.54. The van der Waals surface area contributed by atoms with E-state index in [2.05, 4.69) is 6.58 Å². The Morgan fingerprint density at radius 1 is 1.14 bits per heavy atom. The van der Waals surface area contributed by atoms with Crippen LogP contribution in [0.2, 0.25) is 0 Å². The Balaban J connectivity index is 3.41. The van der Waals surface area contributed by atoms with E-state index in [1.54, 1.807) is 12.1 Å². The van der Waals surface area contributed by atoms with Crippen LogP contribution in [0.1, 0.15) is 0 Å². The minimum atomic E-state index is -1.02. The van der Waals surface area contributed by atoms with E-state index in [9.17, 15) is 4.79 Å². The zero-order chi connectivity index (χ0) is 10.9. The Hall–Kier alpha value is -1.29. The molecule has 0 heterocycles. The number of nitriles is 2. The Morgan fingerprint density at radius 3 is 2.07 bits per heavy atom. The molecule has 0 fully saturated rings. The molecule has 1 aliphatic rings. The first-order valence-electron chi connectivity index (χ1n) is 3.60. The number of nitrogens with zero attached hydrogens (tertiary/aromatic N) is 2. The summed E-state index contributed by atoms with van der Waals surface area (Å²) in [6.07, 6.45) is 0. The smallest absolute Gasteiger partial charge is 0.194 e. The van der Waals surface area contributed by atoms with Crippen molar-refractivity contribution in [2.45, 2.75) is 10.8 Å². The summed E-state index contributed by atoms with van der Waals surface area (Å²) < 4.78 is 0. The highest BCUT2D eigenvalue weighted by molar-refractivity contribution is 6.42. The van der Waals surface area contributed by atoms with Gasteiger partial charge in [0.2, 0.25) is 0 Å². The second kappa shape index (κ2) is 3.84. The number of Topliss-reactive ketones (excluding diaryl/α,β-unsaturated/α-hetero) is 1. The number of hydrogen-bond donors (Lipinski definition) is 0.